The predicted octanol–water partition coefficient (Wildman–Crippen LogP) is 3.11. The highest BCUT2D eigenvalue weighted by Gasteiger charge is 2.17. The van der Waals surface area contributed by atoms with Crippen LogP contribution in [0, 0.1) is 0 Å². The lowest BCUT2D eigenvalue weighted by Gasteiger charge is -2.26. The molecule has 2 rings (SSSR count). The standard InChI is InChI=1S/C11H14BrNOS/c12-8-3-4-10-11(6-8)15-7-9(13-10)2-1-5-14/h3-4,6,9,13-14H,1-2,5,7H2. The molecule has 0 amide bonds. The van der Waals surface area contributed by atoms with Crippen molar-refractivity contribution in [3.05, 3.63) is 22.7 Å². The molecule has 2 N–H and O–H groups in total. The fourth-order valence-electron chi connectivity index (χ4n) is 1.68. The number of nitrogens with one attached hydrogen (secondary N) is 1. The second-order valence-electron chi connectivity index (χ2n) is 3.66. The van der Waals surface area contributed by atoms with Crippen molar-refractivity contribution in [2.24, 2.45) is 0 Å². The third-order valence-electron chi connectivity index (χ3n) is 2.45. The molecule has 0 saturated carbocycles. The van der Waals surface area contributed by atoms with E-state index in [0.717, 1.165) is 23.1 Å². The van der Waals surface area contributed by atoms with Gasteiger partial charge in [-0.1, -0.05) is 15.9 Å². The Kier molecular flexibility index (Phi) is 3.94. The summed E-state index contributed by atoms with van der Waals surface area (Å²) in [5.41, 5.74) is 1.22. The van der Waals surface area contributed by atoms with E-state index in [-0.39, 0.29) is 6.61 Å². The van der Waals surface area contributed by atoms with Crippen molar-refractivity contribution < 1.29 is 5.11 Å². The van der Waals surface area contributed by atoms with Crippen LogP contribution in [0.3, 0.4) is 0 Å². The van der Waals surface area contributed by atoms with Crippen molar-refractivity contribution in [3.8, 4) is 0 Å². The van der Waals surface area contributed by atoms with Gasteiger partial charge in [0.05, 0.1) is 0 Å². The van der Waals surface area contributed by atoms with Crippen molar-refractivity contribution in [2.45, 2.75) is 23.8 Å². The number of aliphatic hydroxyl groups is 1. The van der Waals surface area contributed by atoms with Gasteiger partial charge in [0, 0.05) is 33.5 Å². The average molecular weight is 288 g/mol. The molecular weight excluding hydrogens is 274 g/mol. The number of benzene rings is 1. The Bertz CT molecular complexity index is 345. The van der Waals surface area contributed by atoms with Gasteiger partial charge in [0.1, 0.15) is 0 Å². The monoisotopic (exact) mass is 287 g/mol. The van der Waals surface area contributed by atoms with Crippen LogP contribution in [0.15, 0.2) is 27.6 Å². The summed E-state index contributed by atoms with van der Waals surface area (Å²) in [6, 6.07) is 6.81. The Hall–Kier alpha value is -0.190. The summed E-state index contributed by atoms with van der Waals surface area (Å²) in [6.45, 7) is 0.288. The van der Waals surface area contributed by atoms with E-state index < -0.39 is 0 Å². The van der Waals surface area contributed by atoms with Crippen LogP contribution in [0.25, 0.3) is 0 Å². The molecule has 0 bridgehead atoms. The van der Waals surface area contributed by atoms with Crippen molar-refractivity contribution in [1.29, 1.82) is 0 Å². The number of hydrogen-bond acceptors (Lipinski definition) is 3. The quantitative estimate of drug-likeness (QED) is 0.896. The number of halogens is 1. The van der Waals surface area contributed by atoms with Crippen LogP contribution < -0.4 is 5.32 Å². The number of fused-ring (bicyclic) bond motifs is 1. The first-order valence-corrected chi connectivity index (χ1v) is 6.87. The number of hydrogen-bond donors (Lipinski definition) is 2. The highest BCUT2D eigenvalue weighted by Crippen LogP contribution is 2.35. The predicted molar refractivity (Wildman–Crippen MR) is 68.6 cm³/mol. The molecule has 15 heavy (non-hydrogen) atoms. The first-order chi connectivity index (χ1) is 7.29. The van der Waals surface area contributed by atoms with Gasteiger partial charge >= 0.3 is 0 Å². The van der Waals surface area contributed by atoms with E-state index in [0.29, 0.717) is 6.04 Å². The fourth-order valence-corrected chi connectivity index (χ4v) is 3.32. The molecule has 1 aliphatic rings. The number of anilines is 1. The van der Waals surface area contributed by atoms with Gasteiger partial charge in [-0.3, -0.25) is 0 Å². The molecule has 1 aromatic rings. The lowest BCUT2D eigenvalue weighted by atomic mass is 10.1. The van der Waals surface area contributed by atoms with E-state index in [2.05, 4.69) is 39.4 Å². The SMILES string of the molecule is OCCCC1CSc2cc(Br)ccc2N1. The Morgan fingerprint density at radius 1 is 1.53 bits per heavy atom. The van der Waals surface area contributed by atoms with Gasteiger partial charge in [-0.25, -0.2) is 0 Å². The molecule has 82 valence electrons. The van der Waals surface area contributed by atoms with E-state index in [4.69, 9.17) is 5.11 Å². The third kappa shape index (κ3) is 2.89. The van der Waals surface area contributed by atoms with Crippen LogP contribution >= 0.6 is 27.7 Å². The van der Waals surface area contributed by atoms with Crippen LogP contribution in [-0.4, -0.2) is 23.5 Å². The first kappa shape index (κ1) is 11.3. The van der Waals surface area contributed by atoms with Gasteiger partial charge in [-0.05, 0) is 31.0 Å². The van der Waals surface area contributed by atoms with Crippen LogP contribution in [0.1, 0.15) is 12.8 Å². The van der Waals surface area contributed by atoms with E-state index in [1.54, 1.807) is 0 Å². The van der Waals surface area contributed by atoms with Gasteiger partial charge in [0.15, 0.2) is 0 Å². The first-order valence-electron chi connectivity index (χ1n) is 5.09. The highest BCUT2D eigenvalue weighted by atomic mass is 79.9. The number of thioether (sulfide) groups is 1. The number of aliphatic hydroxyl groups excluding tert-OH is 1. The zero-order chi connectivity index (χ0) is 10.7. The van der Waals surface area contributed by atoms with Crippen LogP contribution in [0.5, 0.6) is 0 Å². The fraction of sp³-hybridized carbons (Fsp3) is 0.455. The van der Waals surface area contributed by atoms with Gasteiger partial charge in [-0.2, -0.15) is 0 Å². The molecule has 0 spiro atoms. The maximum atomic E-state index is 8.79. The normalized spacial score (nSPS) is 19.5. The zero-order valence-electron chi connectivity index (χ0n) is 8.37. The molecule has 2 nitrogen and oxygen atoms in total. The molecule has 0 aromatic heterocycles. The minimum Gasteiger partial charge on any atom is -0.396 e. The molecule has 0 saturated heterocycles. The average Bonchev–Trinajstić information content (AvgIpc) is 2.26. The topological polar surface area (TPSA) is 32.3 Å². The van der Waals surface area contributed by atoms with Gasteiger partial charge < -0.3 is 10.4 Å². The Morgan fingerprint density at radius 2 is 2.40 bits per heavy atom. The maximum Gasteiger partial charge on any atom is 0.0481 e. The lowest BCUT2D eigenvalue weighted by Crippen LogP contribution is -2.26. The lowest BCUT2D eigenvalue weighted by molar-refractivity contribution is 0.282. The van der Waals surface area contributed by atoms with Gasteiger partial charge in [-0.15, -0.1) is 11.8 Å². The summed E-state index contributed by atoms with van der Waals surface area (Å²) in [5.74, 6) is 1.09. The summed E-state index contributed by atoms with van der Waals surface area (Å²) in [4.78, 5) is 1.31. The molecule has 4 heteroatoms. The summed E-state index contributed by atoms with van der Waals surface area (Å²) in [5, 5.41) is 12.3. The molecule has 1 atom stereocenters. The minimum atomic E-state index is 0.288. The van der Waals surface area contributed by atoms with Crippen molar-refractivity contribution >= 4 is 33.4 Å². The Balaban J connectivity index is 2.03. The molecular formula is C11H14BrNOS. The molecule has 0 fully saturated rings. The highest BCUT2D eigenvalue weighted by molar-refractivity contribution is 9.10. The minimum absolute atomic E-state index is 0.288. The van der Waals surface area contributed by atoms with Gasteiger partial charge in [0.25, 0.3) is 0 Å². The number of rotatable bonds is 3. The second-order valence-corrected chi connectivity index (χ2v) is 5.64. The van der Waals surface area contributed by atoms with E-state index in [1.807, 2.05) is 11.8 Å². The van der Waals surface area contributed by atoms with Gasteiger partial charge in [0.2, 0.25) is 0 Å². The molecule has 0 radical (unpaired) electrons. The summed E-state index contributed by atoms with van der Waals surface area (Å²) in [6.07, 6.45) is 1.92. The van der Waals surface area contributed by atoms with E-state index >= 15 is 0 Å². The van der Waals surface area contributed by atoms with Crippen molar-refractivity contribution in [1.82, 2.24) is 0 Å². The molecule has 1 aliphatic heterocycles. The van der Waals surface area contributed by atoms with E-state index in [1.165, 1.54) is 10.6 Å². The second kappa shape index (κ2) is 5.23. The molecule has 1 aromatic carbocycles. The summed E-state index contributed by atoms with van der Waals surface area (Å²) >= 11 is 5.36. The van der Waals surface area contributed by atoms with Crippen molar-refractivity contribution in [3.63, 3.8) is 0 Å². The summed E-state index contributed by atoms with van der Waals surface area (Å²) in [7, 11) is 0. The Labute approximate surface area is 103 Å². The summed E-state index contributed by atoms with van der Waals surface area (Å²) < 4.78 is 1.13. The van der Waals surface area contributed by atoms with Crippen LogP contribution in [0.4, 0.5) is 5.69 Å². The molecule has 1 heterocycles. The van der Waals surface area contributed by atoms with Crippen LogP contribution in [-0.2, 0) is 0 Å². The Morgan fingerprint density at radius 3 is 3.20 bits per heavy atom. The molecule has 1 unspecified atom stereocenters. The van der Waals surface area contributed by atoms with Crippen molar-refractivity contribution in [2.75, 3.05) is 17.7 Å². The maximum absolute atomic E-state index is 8.79. The molecule has 0 aliphatic carbocycles. The third-order valence-corrected chi connectivity index (χ3v) is 4.17. The zero-order valence-corrected chi connectivity index (χ0v) is 10.8. The van der Waals surface area contributed by atoms with Crippen LogP contribution in [0.2, 0.25) is 0 Å². The largest absolute Gasteiger partial charge is 0.396 e. The smallest absolute Gasteiger partial charge is 0.0481 e. The van der Waals surface area contributed by atoms with E-state index in [9.17, 15) is 0 Å².